The van der Waals surface area contributed by atoms with Crippen molar-refractivity contribution in [3.05, 3.63) is 22.4 Å². The number of carbonyl (C=O) groups is 1. The first-order chi connectivity index (χ1) is 11.2. The fourth-order valence-electron chi connectivity index (χ4n) is 1.92. The van der Waals surface area contributed by atoms with Gasteiger partial charge in [-0.25, -0.2) is 4.79 Å². The molecule has 6 nitrogen and oxygen atoms in total. The molecule has 1 heterocycles. The zero-order chi connectivity index (χ0) is 18.2. The van der Waals surface area contributed by atoms with Gasteiger partial charge in [0.2, 0.25) is 0 Å². The maximum absolute atomic E-state index is 11.9. The number of rotatable bonds is 6. The summed E-state index contributed by atoms with van der Waals surface area (Å²) in [6, 6.07) is 4.21. The van der Waals surface area contributed by atoms with Gasteiger partial charge in [-0.3, -0.25) is 4.99 Å². The zero-order valence-electron chi connectivity index (χ0n) is 15.5. The maximum atomic E-state index is 11.9. The van der Waals surface area contributed by atoms with Gasteiger partial charge in [-0.05, 0) is 32.2 Å². The van der Waals surface area contributed by atoms with Crippen LogP contribution in [0.1, 0.15) is 38.5 Å². The Morgan fingerprint density at radius 2 is 2.12 bits per heavy atom. The molecule has 1 atom stereocenters. The Labute approximate surface area is 149 Å². The molecule has 1 unspecified atom stereocenters. The molecule has 1 aromatic rings. The molecule has 1 rings (SSSR count). The summed E-state index contributed by atoms with van der Waals surface area (Å²) in [4.78, 5) is 19.0. The predicted octanol–water partition coefficient (Wildman–Crippen LogP) is 2.88. The van der Waals surface area contributed by atoms with Crippen molar-refractivity contribution in [3.8, 4) is 0 Å². The van der Waals surface area contributed by atoms with Crippen LogP contribution in [-0.2, 0) is 4.74 Å². The number of ether oxygens (including phenoxy) is 1. The van der Waals surface area contributed by atoms with Gasteiger partial charge in [0.25, 0.3) is 0 Å². The summed E-state index contributed by atoms with van der Waals surface area (Å²) in [5.74, 6) is 1.16. The van der Waals surface area contributed by atoms with E-state index < -0.39 is 5.60 Å². The average molecular weight is 355 g/mol. The molecule has 0 saturated heterocycles. The molecule has 0 aliphatic carbocycles. The predicted molar refractivity (Wildman–Crippen MR) is 101 cm³/mol. The van der Waals surface area contributed by atoms with Crippen molar-refractivity contribution in [2.24, 2.45) is 4.99 Å². The van der Waals surface area contributed by atoms with Crippen LogP contribution in [0.4, 0.5) is 4.79 Å². The number of carbonyl (C=O) groups excluding carboxylic acids is 1. The van der Waals surface area contributed by atoms with Crippen LogP contribution in [0, 0.1) is 0 Å². The van der Waals surface area contributed by atoms with E-state index in [0.717, 1.165) is 12.5 Å². The van der Waals surface area contributed by atoms with E-state index >= 15 is 0 Å². The molecule has 1 aromatic heterocycles. The SMILES string of the molecule is CN=C(NCCN(C)C(=O)OC(C)(C)C)NCC(C)c1cccs1. The molecule has 0 aliphatic heterocycles. The van der Waals surface area contributed by atoms with Gasteiger partial charge in [-0.2, -0.15) is 0 Å². The zero-order valence-corrected chi connectivity index (χ0v) is 16.4. The third kappa shape index (κ3) is 7.68. The molecule has 0 aromatic carbocycles. The Balaban J connectivity index is 2.30. The molecule has 0 radical (unpaired) electrons. The molecule has 0 aliphatic rings. The molecule has 7 heteroatoms. The lowest BCUT2D eigenvalue weighted by Gasteiger charge is -2.25. The fourth-order valence-corrected chi connectivity index (χ4v) is 2.70. The molecule has 0 fully saturated rings. The van der Waals surface area contributed by atoms with Crippen LogP contribution in [-0.4, -0.2) is 56.3 Å². The topological polar surface area (TPSA) is 66.0 Å². The summed E-state index contributed by atoms with van der Waals surface area (Å²) in [5, 5.41) is 8.61. The van der Waals surface area contributed by atoms with Gasteiger partial charge in [0.15, 0.2) is 5.96 Å². The molecular weight excluding hydrogens is 324 g/mol. The highest BCUT2D eigenvalue weighted by Gasteiger charge is 2.19. The average Bonchev–Trinajstić information content (AvgIpc) is 3.02. The molecular formula is C17H30N4O2S. The third-order valence-electron chi connectivity index (χ3n) is 3.27. The van der Waals surface area contributed by atoms with E-state index in [2.05, 4.69) is 40.1 Å². The second-order valence-corrected chi connectivity index (χ2v) is 7.68. The molecule has 136 valence electrons. The van der Waals surface area contributed by atoms with Gasteiger partial charge in [0.05, 0.1) is 0 Å². The van der Waals surface area contributed by atoms with E-state index in [1.54, 1.807) is 30.3 Å². The molecule has 2 N–H and O–H groups in total. The van der Waals surface area contributed by atoms with Crippen molar-refractivity contribution in [2.45, 2.75) is 39.2 Å². The summed E-state index contributed by atoms with van der Waals surface area (Å²) >= 11 is 1.76. The maximum Gasteiger partial charge on any atom is 0.410 e. The largest absolute Gasteiger partial charge is 0.444 e. The van der Waals surface area contributed by atoms with Crippen LogP contribution >= 0.6 is 11.3 Å². The highest BCUT2D eigenvalue weighted by molar-refractivity contribution is 7.10. The van der Waals surface area contributed by atoms with E-state index in [-0.39, 0.29) is 6.09 Å². The summed E-state index contributed by atoms with van der Waals surface area (Å²) < 4.78 is 5.32. The Morgan fingerprint density at radius 3 is 2.67 bits per heavy atom. The molecule has 0 spiro atoms. The monoisotopic (exact) mass is 354 g/mol. The van der Waals surface area contributed by atoms with Crippen LogP contribution < -0.4 is 10.6 Å². The Hall–Kier alpha value is -1.76. The minimum absolute atomic E-state index is 0.321. The van der Waals surface area contributed by atoms with Crippen LogP contribution in [0.5, 0.6) is 0 Å². The van der Waals surface area contributed by atoms with E-state index in [1.807, 2.05) is 20.8 Å². The smallest absolute Gasteiger partial charge is 0.410 e. The summed E-state index contributed by atoms with van der Waals surface area (Å²) in [6.07, 6.45) is -0.321. The Bertz CT molecular complexity index is 523. The quantitative estimate of drug-likeness (QED) is 0.609. The normalized spacial score (nSPS) is 13.3. The van der Waals surface area contributed by atoms with Crippen molar-refractivity contribution < 1.29 is 9.53 Å². The van der Waals surface area contributed by atoms with Crippen LogP contribution in [0.2, 0.25) is 0 Å². The highest BCUT2D eigenvalue weighted by atomic mass is 32.1. The first-order valence-corrected chi connectivity index (χ1v) is 9.03. The number of guanidine groups is 1. The molecule has 0 bridgehead atoms. The fraction of sp³-hybridized carbons (Fsp3) is 0.647. The number of aliphatic imine (C=N–C) groups is 1. The molecule has 24 heavy (non-hydrogen) atoms. The van der Waals surface area contributed by atoms with Crippen LogP contribution in [0.3, 0.4) is 0 Å². The minimum atomic E-state index is -0.478. The van der Waals surface area contributed by atoms with Gasteiger partial charge < -0.3 is 20.3 Å². The molecule has 1 amide bonds. The van der Waals surface area contributed by atoms with Gasteiger partial charge in [0, 0.05) is 44.5 Å². The highest BCUT2D eigenvalue weighted by Crippen LogP contribution is 2.19. The van der Waals surface area contributed by atoms with Gasteiger partial charge in [-0.15, -0.1) is 11.3 Å². The van der Waals surface area contributed by atoms with Gasteiger partial charge in [-0.1, -0.05) is 13.0 Å². The Morgan fingerprint density at radius 1 is 1.42 bits per heavy atom. The number of hydrogen-bond donors (Lipinski definition) is 2. The second kappa shape index (κ2) is 9.52. The minimum Gasteiger partial charge on any atom is -0.444 e. The molecule has 0 saturated carbocycles. The van der Waals surface area contributed by atoms with Crippen molar-refractivity contribution in [2.75, 3.05) is 33.7 Å². The number of amides is 1. The first kappa shape index (κ1) is 20.3. The van der Waals surface area contributed by atoms with Gasteiger partial charge >= 0.3 is 6.09 Å². The van der Waals surface area contributed by atoms with E-state index in [4.69, 9.17) is 4.74 Å². The number of likely N-dealkylation sites (N-methyl/N-ethyl adjacent to an activating group) is 1. The van der Waals surface area contributed by atoms with Crippen LogP contribution in [0.25, 0.3) is 0 Å². The van der Waals surface area contributed by atoms with Crippen LogP contribution in [0.15, 0.2) is 22.5 Å². The standard InChI is InChI=1S/C17H30N4O2S/c1-13(14-8-7-11-24-14)12-20-15(18-5)19-9-10-21(6)16(22)23-17(2,3)4/h7-8,11,13H,9-10,12H2,1-6H3,(H2,18,19,20). The van der Waals surface area contributed by atoms with Crippen molar-refractivity contribution in [3.63, 3.8) is 0 Å². The van der Waals surface area contributed by atoms with Crippen molar-refractivity contribution in [1.29, 1.82) is 0 Å². The van der Waals surface area contributed by atoms with E-state index in [9.17, 15) is 4.79 Å². The van der Waals surface area contributed by atoms with Crippen molar-refractivity contribution in [1.82, 2.24) is 15.5 Å². The summed E-state index contributed by atoms with van der Waals surface area (Å²) in [5.41, 5.74) is -0.478. The second-order valence-electron chi connectivity index (χ2n) is 6.70. The lowest BCUT2D eigenvalue weighted by molar-refractivity contribution is 0.0302. The number of nitrogens with zero attached hydrogens (tertiary/aromatic N) is 2. The van der Waals surface area contributed by atoms with Gasteiger partial charge in [0.1, 0.15) is 5.60 Å². The Kier molecular flexibility index (Phi) is 8.04. The number of hydrogen-bond acceptors (Lipinski definition) is 4. The van der Waals surface area contributed by atoms with E-state index in [1.165, 1.54) is 4.88 Å². The number of nitrogens with one attached hydrogen (secondary N) is 2. The number of thiophene rings is 1. The lowest BCUT2D eigenvalue weighted by Crippen LogP contribution is -2.43. The third-order valence-corrected chi connectivity index (χ3v) is 4.38. The summed E-state index contributed by atoms with van der Waals surface area (Å²) in [7, 11) is 3.47. The van der Waals surface area contributed by atoms with Crippen molar-refractivity contribution >= 4 is 23.4 Å². The van der Waals surface area contributed by atoms with E-state index in [0.29, 0.717) is 19.0 Å². The summed E-state index contributed by atoms with van der Waals surface area (Å²) in [6.45, 7) is 9.70. The first-order valence-electron chi connectivity index (χ1n) is 8.15. The lowest BCUT2D eigenvalue weighted by atomic mass is 10.1.